The molecule has 0 saturated heterocycles. The third-order valence-corrected chi connectivity index (χ3v) is 2.76. The number of carbonyl (C=O) groups excluding carboxylic acids is 2. The molecule has 0 aliphatic heterocycles. The molecule has 0 spiro atoms. The topological polar surface area (TPSA) is 69.0 Å². The molecule has 106 valence electrons. The molecule has 1 amide bonds. The van der Waals surface area contributed by atoms with Crippen molar-refractivity contribution in [1.82, 2.24) is 5.32 Å². The molecule has 1 N–H and O–H groups in total. The molecule has 1 fully saturated rings. The van der Waals surface area contributed by atoms with Crippen molar-refractivity contribution in [3.05, 3.63) is 11.4 Å². The molecule has 0 heterocycles. The fraction of sp³-hybridized carbons (Fsp3) is 0.750. The van der Waals surface area contributed by atoms with Crippen molar-refractivity contribution in [2.45, 2.75) is 44.0 Å². The Morgan fingerprint density at radius 2 is 2.05 bits per heavy atom. The van der Waals surface area contributed by atoms with Gasteiger partial charge in [-0.1, -0.05) is 0 Å². The van der Waals surface area contributed by atoms with Crippen LogP contribution in [0.25, 0.3) is 4.85 Å². The van der Waals surface area contributed by atoms with Gasteiger partial charge < -0.3 is 19.6 Å². The van der Waals surface area contributed by atoms with E-state index in [2.05, 4.69) is 14.9 Å². The van der Waals surface area contributed by atoms with Gasteiger partial charge in [0, 0.05) is 6.42 Å². The average Bonchev–Trinajstić information content (AvgIpc) is 2.80. The molecule has 0 unspecified atom stereocenters. The van der Waals surface area contributed by atoms with Crippen molar-refractivity contribution in [2.75, 3.05) is 13.7 Å². The Labute approximate surface area is 111 Å². The number of alkyl halides is 1. The number of hydrogen-bond acceptors (Lipinski definition) is 4. The molecule has 19 heavy (non-hydrogen) atoms. The number of rotatable bonds is 3. The number of esters is 1. The van der Waals surface area contributed by atoms with Crippen LogP contribution in [0.2, 0.25) is 0 Å². The maximum atomic E-state index is 14.3. The number of alkyl carbamates (subject to hydrolysis) is 1. The van der Waals surface area contributed by atoms with Crippen LogP contribution in [0.3, 0.4) is 0 Å². The lowest BCUT2D eigenvalue weighted by atomic mass is 10.2. The van der Waals surface area contributed by atoms with Gasteiger partial charge in [0.15, 0.2) is 5.54 Å². The summed E-state index contributed by atoms with van der Waals surface area (Å²) in [7, 11) is 1.09. The molecule has 0 bridgehead atoms. The summed E-state index contributed by atoms with van der Waals surface area (Å²) < 4.78 is 23.7. The van der Waals surface area contributed by atoms with E-state index in [0.29, 0.717) is 0 Å². The summed E-state index contributed by atoms with van der Waals surface area (Å²) in [5.74, 6) is -0.912. The van der Waals surface area contributed by atoms with Crippen LogP contribution in [0.4, 0.5) is 9.18 Å². The molecular weight excluding hydrogens is 255 g/mol. The molecule has 1 rings (SSSR count). The van der Waals surface area contributed by atoms with Crippen molar-refractivity contribution in [2.24, 2.45) is 0 Å². The van der Waals surface area contributed by atoms with Gasteiger partial charge in [-0.05, 0) is 20.8 Å². The van der Waals surface area contributed by atoms with Crippen molar-refractivity contribution in [3.63, 3.8) is 0 Å². The van der Waals surface area contributed by atoms with Crippen LogP contribution in [-0.4, -0.2) is 42.5 Å². The smallest absolute Gasteiger partial charge is 0.408 e. The van der Waals surface area contributed by atoms with Gasteiger partial charge in [-0.3, -0.25) is 0 Å². The van der Waals surface area contributed by atoms with Crippen molar-refractivity contribution < 1.29 is 23.5 Å². The van der Waals surface area contributed by atoms with E-state index in [4.69, 9.17) is 11.3 Å². The van der Waals surface area contributed by atoms with E-state index in [0.717, 1.165) is 7.11 Å². The van der Waals surface area contributed by atoms with Gasteiger partial charge in [-0.15, -0.1) is 0 Å². The number of hydrogen-bond donors (Lipinski definition) is 1. The Hall–Kier alpha value is -1.84. The molecule has 0 aromatic rings. The summed E-state index contributed by atoms with van der Waals surface area (Å²) in [6.07, 6.45) is -1.20. The van der Waals surface area contributed by atoms with Crippen LogP contribution in [0.15, 0.2) is 0 Å². The van der Waals surface area contributed by atoms with Crippen LogP contribution >= 0.6 is 0 Å². The maximum Gasteiger partial charge on any atom is 0.408 e. The number of halogens is 1. The first-order chi connectivity index (χ1) is 8.60. The van der Waals surface area contributed by atoms with Gasteiger partial charge >= 0.3 is 12.1 Å². The Bertz CT molecular complexity index is 440. The molecule has 7 heteroatoms. The van der Waals surface area contributed by atoms with E-state index in [1.165, 1.54) is 0 Å². The van der Waals surface area contributed by atoms with Crippen molar-refractivity contribution >= 4 is 12.1 Å². The van der Waals surface area contributed by atoms with E-state index in [1.807, 2.05) is 0 Å². The minimum absolute atomic E-state index is 0.283. The Morgan fingerprint density at radius 1 is 1.47 bits per heavy atom. The summed E-state index contributed by atoms with van der Waals surface area (Å²) in [6, 6.07) is 0. The Morgan fingerprint density at radius 3 is 2.47 bits per heavy atom. The fourth-order valence-corrected chi connectivity index (χ4v) is 1.81. The zero-order valence-electron chi connectivity index (χ0n) is 11.4. The van der Waals surface area contributed by atoms with E-state index < -0.39 is 35.4 Å². The van der Waals surface area contributed by atoms with Gasteiger partial charge in [-0.2, -0.15) is 0 Å². The van der Waals surface area contributed by atoms with Crippen LogP contribution < -0.4 is 5.32 Å². The zero-order chi connectivity index (χ0) is 14.9. The monoisotopic (exact) mass is 272 g/mol. The van der Waals surface area contributed by atoms with Gasteiger partial charge in [0.05, 0.1) is 7.11 Å². The highest BCUT2D eigenvalue weighted by Crippen LogP contribution is 2.52. The minimum atomic E-state index is -2.10. The number of nitrogens with one attached hydrogen (secondary N) is 1. The molecular formula is C12H17FN2O4. The summed E-state index contributed by atoms with van der Waals surface area (Å²) in [6.45, 7) is 11.1. The fourth-order valence-electron chi connectivity index (χ4n) is 1.81. The summed E-state index contributed by atoms with van der Waals surface area (Å²) in [4.78, 5) is 26.2. The predicted molar refractivity (Wildman–Crippen MR) is 64.0 cm³/mol. The maximum absolute atomic E-state index is 14.3. The molecule has 1 saturated carbocycles. The van der Waals surface area contributed by atoms with E-state index >= 15 is 0 Å². The van der Waals surface area contributed by atoms with Gasteiger partial charge in [0.25, 0.3) is 6.54 Å². The third kappa shape index (κ3) is 2.95. The van der Waals surface area contributed by atoms with Gasteiger partial charge in [0.1, 0.15) is 5.60 Å². The molecule has 0 radical (unpaired) electrons. The van der Waals surface area contributed by atoms with Crippen molar-refractivity contribution in [3.8, 4) is 0 Å². The molecule has 0 aromatic heterocycles. The van der Waals surface area contributed by atoms with Gasteiger partial charge in [0.2, 0.25) is 5.67 Å². The highest BCUT2D eigenvalue weighted by atomic mass is 19.1. The van der Waals surface area contributed by atoms with E-state index in [9.17, 15) is 14.0 Å². The first kappa shape index (κ1) is 15.2. The molecule has 0 aromatic carbocycles. The minimum Gasteiger partial charge on any atom is -0.467 e. The largest absolute Gasteiger partial charge is 0.467 e. The SMILES string of the molecule is [C-]#[N+]C[C@]1(F)C[C@@]1(NC(=O)OC(C)(C)C)C(=O)OC. The van der Waals surface area contributed by atoms with Crippen LogP contribution in [0, 0.1) is 6.57 Å². The highest BCUT2D eigenvalue weighted by Gasteiger charge is 2.79. The van der Waals surface area contributed by atoms with Crippen LogP contribution in [0.1, 0.15) is 27.2 Å². The summed E-state index contributed by atoms with van der Waals surface area (Å²) in [5.41, 5.74) is -4.68. The first-order valence-electron chi connectivity index (χ1n) is 5.72. The van der Waals surface area contributed by atoms with Crippen LogP contribution in [-0.2, 0) is 14.3 Å². The molecule has 1 aliphatic rings. The number of methoxy groups -OCH3 is 1. The second-order valence-electron chi connectivity index (χ2n) is 5.48. The third-order valence-electron chi connectivity index (χ3n) is 2.76. The lowest BCUT2D eigenvalue weighted by Crippen LogP contribution is -2.51. The van der Waals surface area contributed by atoms with E-state index in [1.54, 1.807) is 20.8 Å². The molecule has 6 nitrogen and oxygen atoms in total. The second kappa shape index (κ2) is 4.68. The standard InChI is InChI=1S/C12H17FN2O4/c1-10(2,3)19-9(17)15-12(8(16)18-5)6-11(12,13)7-14-4/h6-7H2,1-3,5H3,(H,15,17)/t11-,12-/m1/s1. The Balaban J connectivity index is 2.84. The first-order valence-corrected chi connectivity index (χ1v) is 5.72. The summed E-state index contributed by atoms with van der Waals surface area (Å²) in [5, 5.41) is 2.20. The quantitative estimate of drug-likeness (QED) is 0.623. The summed E-state index contributed by atoms with van der Waals surface area (Å²) >= 11 is 0. The number of carbonyl (C=O) groups is 2. The molecule has 2 atom stereocenters. The lowest BCUT2D eigenvalue weighted by molar-refractivity contribution is -0.145. The number of nitrogens with zero attached hydrogens (tertiary/aromatic N) is 1. The highest BCUT2D eigenvalue weighted by molar-refractivity contribution is 5.92. The number of amides is 1. The predicted octanol–water partition coefficient (Wildman–Crippen LogP) is 1.45. The lowest BCUT2D eigenvalue weighted by Gasteiger charge is -2.23. The van der Waals surface area contributed by atoms with Crippen molar-refractivity contribution in [1.29, 1.82) is 0 Å². The second-order valence-corrected chi connectivity index (χ2v) is 5.48. The zero-order valence-corrected chi connectivity index (χ0v) is 11.4. The average molecular weight is 272 g/mol. The number of ether oxygens (including phenoxy) is 2. The van der Waals surface area contributed by atoms with E-state index in [-0.39, 0.29) is 6.42 Å². The van der Waals surface area contributed by atoms with Gasteiger partial charge in [-0.25, -0.2) is 20.6 Å². The molecule has 1 aliphatic carbocycles. The van der Waals surface area contributed by atoms with Crippen LogP contribution in [0.5, 0.6) is 0 Å². The Kier molecular flexibility index (Phi) is 3.75. The normalized spacial score (nSPS) is 29.1.